The highest BCUT2D eigenvalue weighted by atomic mass is 16.5. The van der Waals surface area contributed by atoms with Crippen LogP contribution in [0.2, 0.25) is 0 Å². The molecule has 4 nitrogen and oxygen atoms in total. The molecular formula is C16H26N2O2. The zero-order chi connectivity index (χ0) is 14.8. The van der Waals surface area contributed by atoms with Gasteiger partial charge in [-0.3, -0.25) is 4.79 Å². The normalized spacial score (nSPS) is 10.6. The number of carbonyl (C=O) groups is 1. The van der Waals surface area contributed by atoms with E-state index in [1.54, 1.807) is 0 Å². The van der Waals surface area contributed by atoms with Gasteiger partial charge in [-0.2, -0.15) is 0 Å². The van der Waals surface area contributed by atoms with Gasteiger partial charge < -0.3 is 15.4 Å². The lowest BCUT2D eigenvalue weighted by molar-refractivity contribution is 0.0886. The van der Waals surface area contributed by atoms with Crippen LogP contribution in [0.1, 0.15) is 37.6 Å². The summed E-state index contributed by atoms with van der Waals surface area (Å²) in [4.78, 5) is 11.9. The van der Waals surface area contributed by atoms with Crippen LogP contribution in [0.4, 0.5) is 5.69 Å². The van der Waals surface area contributed by atoms with E-state index >= 15 is 0 Å². The van der Waals surface area contributed by atoms with Gasteiger partial charge in [0.1, 0.15) is 0 Å². The van der Waals surface area contributed by atoms with Gasteiger partial charge in [-0.25, -0.2) is 0 Å². The Hall–Kier alpha value is -1.55. The smallest absolute Gasteiger partial charge is 0.251 e. The number of carbonyl (C=O) groups excluding carboxylic acids is 1. The van der Waals surface area contributed by atoms with E-state index in [9.17, 15) is 4.79 Å². The van der Waals surface area contributed by atoms with Gasteiger partial charge in [0.05, 0.1) is 6.61 Å². The lowest BCUT2D eigenvalue weighted by Crippen LogP contribution is -2.27. The third-order valence-electron chi connectivity index (χ3n) is 2.71. The number of nitrogens with one attached hydrogen (secondary N) is 2. The molecule has 0 saturated heterocycles. The van der Waals surface area contributed by atoms with Crippen molar-refractivity contribution >= 4 is 11.6 Å². The molecule has 0 unspecified atom stereocenters. The fourth-order valence-corrected chi connectivity index (χ4v) is 1.67. The minimum absolute atomic E-state index is 0.0554. The maximum Gasteiger partial charge on any atom is 0.251 e. The second kappa shape index (κ2) is 9.37. The average Bonchev–Trinajstić information content (AvgIpc) is 2.44. The molecule has 0 radical (unpaired) electrons. The van der Waals surface area contributed by atoms with Gasteiger partial charge in [0.25, 0.3) is 5.91 Å². The van der Waals surface area contributed by atoms with Gasteiger partial charge >= 0.3 is 0 Å². The molecule has 0 aliphatic carbocycles. The Labute approximate surface area is 121 Å². The first-order chi connectivity index (χ1) is 9.63. The van der Waals surface area contributed by atoms with Gasteiger partial charge in [-0.1, -0.05) is 20.8 Å². The zero-order valence-corrected chi connectivity index (χ0v) is 12.7. The quantitative estimate of drug-likeness (QED) is 0.683. The third kappa shape index (κ3) is 6.57. The molecule has 2 N–H and O–H groups in total. The molecule has 0 aliphatic heterocycles. The molecule has 0 heterocycles. The van der Waals surface area contributed by atoms with E-state index in [4.69, 9.17) is 4.74 Å². The summed E-state index contributed by atoms with van der Waals surface area (Å²) in [7, 11) is 0. The summed E-state index contributed by atoms with van der Waals surface area (Å²) in [6, 6.07) is 7.53. The Morgan fingerprint density at radius 1 is 1.20 bits per heavy atom. The Bertz CT molecular complexity index is 388. The largest absolute Gasteiger partial charge is 0.385 e. The zero-order valence-electron chi connectivity index (χ0n) is 12.7. The molecule has 0 aliphatic rings. The SMILES string of the molecule is CCCNc1ccc(C(=O)NCCOCC(C)C)cc1. The van der Waals surface area contributed by atoms with Crippen molar-refractivity contribution < 1.29 is 9.53 Å². The lowest BCUT2D eigenvalue weighted by atomic mass is 10.2. The van der Waals surface area contributed by atoms with E-state index in [-0.39, 0.29) is 5.91 Å². The molecule has 0 atom stereocenters. The first-order valence-electron chi connectivity index (χ1n) is 7.33. The number of ether oxygens (including phenoxy) is 1. The van der Waals surface area contributed by atoms with Crippen LogP contribution in [-0.2, 0) is 4.74 Å². The van der Waals surface area contributed by atoms with Crippen molar-refractivity contribution in [3.8, 4) is 0 Å². The van der Waals surface area contributed by atoms with Crippen LogP contribution >= 0.6 is 0 Å². The van der Waals surface area contributed by atoms with Crippen LogP contribution < -0.4 is 10.6 Å². The Balaban J connectivity index is 2.29. The van der Waals surface area contributed by atoms with E-state index in [1.807, 2.05) is 24.3 Å². The van der Waals surface area contributed by atoms with Crippen LogP contribution in [0.3, 0.4) is 0 Å². The number of rotatable bonds is 9. The van der Waals surface area contributed by atoms with Gasteiger partial charge in [0.15, 0.2) is 0 Å². The van der Waals surface area contributed by atoms with E-state index in [0.717, 1.165) is 25.3 Å². The summed E-state index contributed by atoms with van der Waals surface area (Å²) in [5, 5.41) is 6.13. The van der Waals surface area contributed by atoms with Crippen LogP contribution in [-0.4, -0.2) is 32.2 Å². The van der Waals surface area contributed by atoms with Crippen molar-refractivity contribution in [3.63, 3.8) is 0 Å². The fourth-order valence-electron chi connectivity index (χ4n) is 1.67. The molecule has 20 heavy (non-hydrogen) atoms. The van der Waals surface area contributed by atoms with E-state index < -0.39 is 0 Å². The molecule has 1 amide bonds. The number of benzene rings is 1. The van der Waals surface area contributed by atoms with Crippen LogP contribution in [0, 0.1) is 5.92 Å². The molecule has 1 aromatic rings. The fraction of sp³-hybridized carbons (Fsp3) is 0.562. The van der Waals surface area contributed by atoms with Crippen molar-refractivity contribution in [2.24, 2.45) is 5.92 Å². The highest BCUT2D eigenvalue weighted by Gasteiger charge is 2.04. The van der Waals surface area contributed by atoms with E-state index in [1.165, 1.54) is 0 Å². The molecule has 0 fully saturated rings. The number of anilines is 1. The van der Waals surface area contributed by atoms with E-state index in [0.29, 0.717) is 24.6 Å². The molecule has 0 spiro atoms. The van der Waals surface area contributed by atoms with Crippen molar-refractivity contribution in [1.29, 1.82) is 0 Å². The molecule has 112 valence electrons. The molecule has 0 saturated carbocycles. The monoisotopic (exact) mass is 278 g/mol. The summed E-state index contributed by atoms with van der Waals surface area (Å²) in [5.41, 5.74) is 1.72. The van der Waals surface area contributed by atoms with Crippen LogP contribution in [0.15, 0.2) is 24.3 Å². The summed E-state index contributed by atoms with van der Waals surface area (Å²) in [6.07, 6.45) is 1.08. The van der Waals surface area contributed by atoms with Gasteiger partial charge in [0, 0.05) is 30.9 Å². The third-order valence-corrected chi connectivity index (χ3v) is 2.71. The Kier molecular flexibility index (Phi) is 7.73. The van der Waals surface area contributed by atoms with Gasteiger partial charge in [0.2, 0.25) is 0 Å². The van der Waals surface area contributed by atoms with Crippen molar-refractivity contribution in [2.45, 2.75) is 27.2 Å². The first kappa shape index (κ1) is 16.5. The number of hydrogen-bond acceptors (Lipinski definition) is 3. The molecule has 1 rings (SSSR count). The predicted octanol–water partition coefficient (Wildman–Crippen LogP) is 2.91. The topological polar surface area (TPSA) is 50.4 Å². The van der Waals surface area contributed by atoms with Crippen molar-refractivity contribution in [1.82, 2.24) is 5.32 Å². The average molecular weight is 278 g/mol. The summed E-state index contributed by atoms with van der Waals surface area (Å²) in [6.45, 7) is 9.10. The summed E-state index contributed by atoms with van der Waals surface area (Å²) < 4.78 is 5.42. The van der Waals surface area contributed by atoms with Crippen LogP contribution in [0.25, 0.3) is 0 Å². The minimum Gasteiger partial charge on any atom is -0.385 e. The van der Waals surface area contributed by atoms with Gasteiger partial charge in [-0.15, -0.1) is 0 Å². The second-order valence-corrected chi connectivity index (χ2v) is 5.23. The highest BCUT2D eigenvalue weighted by Crippen LogP contribution is 2.09. The van der Waals surface area contributed by atoms with Crippen molar-refractivity contribution in [2.75, 3.05) is 31.6 Å². The molecular weight excluding hydrogens is 252 g/mol. The van der Waals surface area contributed by atoms with E-state index in [2.05, 4.69) is 31.4 Å². The standard InChI is InChI=1S/C16H26N2O2/c1-4-9-17-15-7-5-14(6-8-15)16(19)18-10-11-20-12-13(2)3/h5-8,13,17H,4,9-12H2,1-3H3,(H,18,19). The Morgan fingerprint density at radius 2 is 1.90 bits per heavy atom. The molecule has 0 bridgehead atoms. The maximum absolute atomic E-state index is 11.9. The predicted molar refractivity (Wildman–Crippen MR) is 83.2 cm³/mol. The number of amides is 1. The van der Waals surface area contributed by atoms with Crippen LogP contribution in [0.5, 0.6) is 0 Å². The maximum atomic E-state index is 11.9. The Morgan fingerprint density at radius 3 is 2.50 bits per heavy atom. The summed E-state index contributed by atoms with van der Waals surface area (Å²) in [5.74, 6) is 0.467. The molecule has 0 aromatic heterocycles. The van der Waals surface area contributed by atoms with Gasteiger partial charge in [-0.05, 0) is 36.6 Å². The lowest BCUT2D eigenvalue weighted by Gasteiger charge is -2.09. The summed E-state index contributed by atoms with van der Waals surface area (Å²) >= 11 is 0. The first-order valence-corrected chi connectivity index (χ1v) is 7.33. The molecule has 4 heteroatoms. The minimum atomic E-state index is -0.0554. The highest BCUT2D eigenvalue weighted by molar-refractivity contribution is 5.94. The van der Waals surface area contributed by atoms with Crippen molar-refractivity contribution in [3.05, 3.63) is 29.8 Å². The second-order valence-electron chi connectivity index (χ2n) is 5.23. The number of hydrogen-bond donors (Lipinski definition) is 2. The molecule has 1 aromatic carbocycles.